The zero-order valence-corrected chi connectivity index (χ0v) is 17.3. The van der Waals surface area contributed by atoms with Crippen molar-refractivity contribution in [3.05, 3.63) is 49.3 Å². The second-order valence-electron chi connectivity index (χ2n) is 7.24. The molecule has 28 heavy (non-hydrogen) atoms. The van der Waals surface area contributed by atoms with Gasteiger partial charge in [-0.15, -0.1) is 11.3 Å². The first kappa shape index (κ1) is 20.4. The van der Waals surface area contributed by atoms with Gasteiger partial charge in [-0.25, -0.2) is 4.79 Å². The lowest BCUT2D eigenvalue weighted by Crippen LogP contribution is -2.47. The van der Waals surface area contributed by atoms with E-state index in [9.17, 15) is 14.4 Å². The molecule has 1 fully saturated rings. The normalized spacial score (nSPS) is 16.9. The number of thiophene rings is 1. The van der Waals surface area contributed by atoms with Gasteiger partial charge in [0, 0.05) is 44.2 Å². The number of nitrogens with zero attached hydrogens (tertiary/aromatic N) is 3. The summed E-state index contributed by atoms with van der Waals surface area (Å²) < 4.78 is 2.79. The van der Waals surface area contributed by atoms with Crippen molar-refractivity contribution >= 4 is 23.1 Å². The number of piperidine rings is 1. The maximum Gasteiger partial charge on any atom is 0.332 e. The molecule has 8 heteroatoms. The summed E-state index contributed by atoms with van der Waals surface area (Å²) in [6, 6.07) is 5.61. The molecule has 1 N–H and O–H groups in total. The average Bonchev–Trinajstić information content (AvgIpc) is 3.22. The van der Waals surface area contributed by atoms with Gasteiger partial charge in [-0.2, -0.15) is 0 Å². The fourth-order valence-electron chi connectivity index (χ4n) is 3.66. The number of rotatable bonds is 7. The standard InChI is InChI=1S/C20H28N4O3S/c1-3-10-24-17(13-18(25)22(2)20(24)27)23-11-4-6-15(14-23)19(26)21-9-8-16-7-5-12-28-16/h5,7,12-13,15H,3-4,6,8-11,14H2,1-2H3,(H,21,26). The number of amides is 1. The second kappa shape index (κ2) is 9.23. The van der Waals surface area contributed by atoms with Crippen molar-refractivity contribution in [3.63, 3.8) is 0 Å². The van der Waals surface area contributed by atoms with Crippen molar-refractivity contribution in [2.45, 2.75) is 39.2 Å². The minimum atomic E-state index is -0.310. The monoisotopic (exact) mass is 404 g/mol. The third-order valence-electron chi connectivity index (χ3n) is 5.19. The molecule has 1 atom stereocenters. The van der Waals surface area contributed by atoms with Crippen LogP contribution in [0.1, 0.15) is 31.1 Å². The van der Waals surface area contributed by atoms with Crippen molar-refractivity contribution < 1.29 is 4.79 Å². The largest absolute Gasteiger partial charge is 0.357 e. The highest BCUT2D eigenvalue weighted by Crippen LogP contribution is 2.22. The summed E-state index contributed by atoms with van der Waals surface area (Å²) in [5, 5.41) is 5.08. The first-order valence-corrected chi connectivity index (χ1v) is 10.7. The molecule has 3 rings (SSSR count). The van der Waals surface area contributed by atoms with Gasteiger partial charge >= 0.3 is 5.69 Å². The molecule has 2 aromatic heterocycles. The average molecular weight is 405 g/mol. The quantitative estimate of drug-likeness (QED) is 0.760. The van der Waals surface area contributed by atoms with Crippen LogP contribution in [0.4, 0.5) is 5.82 Å². The number of carbonyl (C=O) groups excluding carboxylic acids is 1. The molecule has 0 radical (unpaired) electrons. The molecule has 0 aromatic carbocycles. The molecule has 1 amide bonds. The second-order valence-corrected chi connectivity index (χ2v) is 8.27. The first-order chi connectivity index (χ1) is 13.5. The summed E-state index contributed by atoms with van der Waals surface area (Å²) >= 11 is 1.69. The molecule has 0 bridgehead atoms. The van der Waals surface area contributed by atoms with Crippen molar-refractivity contribution in [3.8, 4) is 0 Å². The van der Waals surface area contributed by atoms with E-state index >= 15 is 0 Å². The molecule has 0 aliphatic carbocycles. The lowest BCUT2D eigenvalue weighted by atomic mass is 9.97. The van der Waals surface area contributed by atoms with Crippen LogP contribution >= 0.6 is 11.3 Å². The van der Waals surface area contributed by atoms with E-state index in [0.29, 0.717) is 25.5 Å². The van der Waals surface area contributed by atoms with Crippen LogP contribution in [0, 0.1) is 5.92 Å². The molecular formula is C20H28N4O3S. The highest BCUT2D eigenvalue weighted by atomic mass is 32.1. The number of nitrogens with one attached hydrogen (secondary N) is 1. The van der Waals surface area contributed by atoms with E-state index in [2.05, 4.69) is 11.4 Å². The van der Waals surface area contributed by atoms with E-state index in [-0.39, 0.29) is 23.1 Å². The fourth-order valence-corrected chi connectivity index (χ4v) is 4.37. The minimum absolute atomic E-state index is 0.0504. The third kappa shape index (κ3) is 4.55. The van der Waals surface area contributed by atoms with Crippen LogP contribution in [-0.4, -0.2) is 34.7 Å². The van der Waals surface area contributed by atoms with Gasteiger partial charge in [0.1, 0.15) is 5.82 Å². The Morgan fingerprint density at radius 2 is 2.18 bits per heavy atom. The Morgan fingerprint density at radius 1 is 1.36 bits per heavy atom. The SMILES string of the molecule is CCCn1c(N2CCCC(C(=O)NCCc3cccs3)C2)cc(=O)n(C)c1=O. The lowest BCUT2D eigenvalue weighted by molar-refractivity contribution is -0.125. The molecule has 1 saturated heterocycles. The Hall–Kier alpha value is -2.35. The van der Waals surface area contributed by atoms with Crippen LogP contribution in [0.5, 0.6) is 0 Å². The van der Waals surface area contributed by atoms with Crippen molar-refractivity contribution in [1.29, 1.82) is 0 Å². The molecule has 0 spiro atoms. The smallest absolute Gasteiger partial charge is 0.332 e. The Kier molecular flexibility index (Phi) is 6.72. The maximum atomic E-state index is 12.6. The van der Waals surface area contributed by atoms with Gasteiger partial charge in [-0.3, -0.25) is 18.7 Å². The van der Waals surface area contributed by atoms with Gasteiger partial charge in [0.05, 0.1) is 5.92 Å². The highest BCUT2D eigenvalue weighted by molar-refractivity contribution is 7.09. The summed E-state index contributed by atoms with van der Waals surface area (Å²) in [6.07, 6.45) is 3.32. The topological polar surface area (TPSA) is 76.3 Å². The van der Waals surface area contributed by atoms with Crippen molar-refractivity contribution in [1.82, 2.24) is 14.5 Å². The predicted molar refractivity (Wildman–Crippen MR) is 112 cm³/mol. The van der Waals surface area contributed by atoms with Crippen LogP contribution < -0.4 is 21.5 Å². The van der Waals surface area contributed by atoms with Crippen LogP contribution in [0.2, 0.25) is 0 Å². The van der Waals surface area contributed by atoms with Gasteiger partial charge < -0.3 is 10.2 Å². The summed E-state index contributed by atoms with van der Waals surface area (Å²) in [4.78, 5) is 40.6. The number of aromatic nitrogens is 2. The van der Waals surface area contributed by atoms with E-state index in [1.54, 1.807) is 15.9 Å². The molecule has 3 heterocycles. The molecular weight excluding hydrogens is 376 g/mol. The number of hydrogen-bond acceptors (Lipinski definition) is 5. The Labute approximate surface area is 168 Å². The van der Waals surface area contributed by atoms with E-state index in [1.807, 2.05) is 23.3 Å². The molecule has 0 saturated carbocycles. The maximum absolute atomic E-state index is 12.6. The number of anilines is 1. The van der Waals surface area contributed by atoms with Gasteiger partial charge in [-0.05, 0) is 37.1 Å². The van der Waals surface area contributed by atoms with E-state index in [4.69, 9.17) is 0 Å². The van der Waals surface area contributed by atoms with Crippen molar-refractivity contribution in [2.75, 3.05) is 24.5 Å². The van der Waals surface area contributed by atoms with E-state index in [0.717, 1.165) is 36.8 Å². The zero-order valence-electron chi connectivity index (χ0n) is 16.5. The molecule has 2 aromatic rings. The summed E-state index contributed by atoms with van der Waals surface area (Å²) in [7, 11) is 1.50. The van der Waals surface area contributed by atoms with Gasteiger partial charge in [0.25, 0.3) is 5.56 Å². The van der Waals surface area contributed by atoms with Crippen LogP contribution in [-0.2, 0) is 24.8 Å². The highest BCUT2D eigenvalue weighted by Gasteiger charge is 2.27. The Balaban J connectivity index is 1.70. The predicted octanol–water partition coefficient (Wildman–Crippen LogP) is 1.59. The Bertz CT molecular complexity index is 917. The lowest BCUT2D eigenvalue weighted by Gasteiger charge is -2.34. The molecule has 1 unspecified atom stereocenters. The van der Waals surface area contributed by atoms with Crippen LogP contribution in [0.15, 0.2) is 33.2 Å². The number of carbonyl (C=O) groups is 1. The van der Waals surface area contributed by atoms with Gasteiger partial charge in [0.15, 0.2) is 0 Å². The summed E-state index contributed by atoms with van der Waals surface area (Å²) in [5.74, 6) is 0.548. The molecule has 7 nitrogen and oxygen atoms in total. The third-order valence-corrected chi connectivity index (χ3v) is 6.13. The van der Waals surface area contributed by atoms with E-state index in [1.165, 1.54) is 18.0 Å². The molecule has 152 valence electrons. The summed E-state index contributed by atoms with van der Waals surface area (Å²) in [6.45, 7) is 4.45. The molecule has 1 aliphatic heterocycles. The first-order valence-electron chi connectivity index (χ1n) is 9.87. The molecule has 1 aliphatic rings. The van der Waals surface area contributed by atoms with Crippen LogP contribution in [0.25, 0.3) is 0 Å². The van der Waals surface area contributed by atoms with Gasteiger partial charge in [0.2, 0.25) is 5.91 Å². The summed E-state index contributed by atoms with van der Waals surface area (Å²) in [5.41, 5.74) is -0.609. The fraction of sp³-hybridized carbons (Fsp3) is 0.550. The zero-order chi connectivity index (χ0) is 20.1. The van der Waals surface area contributed by atoms with E-state index < -0.39 is 0 Å². The number of hydrogen-bond donors (Lipinski definition) is 1. The minimum Gasteiger partial charge on any atom is -0.357 e. The van der Waals surface area contributed by atoms with Gasteiger partial charge in [-0.1, -0.05) is 13.0 Å². The van der Waals surface area contributed by atoms with Crippen molar-refractivity contribution in [2.24, 2.45) is 13.0 Å². The van der Waals surface area contributed by atoms with Crippen LogP contribution in [0.3, 0.4) is 0 Å². The Morgan fingerprint density at radius 3 is 2.89 bits per heavy atom.